The highest BCUT2D eigenvalue weighted by molar-refractivity contribution is 5.77. The number of allylic oxidation sites excluding steroid dienone is 6. The van der Waals surface area contributed by atoms with Crippen molar-refractivity contribution in [2.24, 2.45) is 5.41 Å². The monoisotopic (exact) mass is 473 g/mol. The highest BCUT2D eigenvalue weighted by atomic mass is 16.1. The third-order valence-electron chi connectivity index (χ3n) is 5.43. The molecule has 0 radical (unpaired) electrons. The molecule has 0 fully saturated rings. The van der Waals surface area contributed by atoms with Gasteiger partial charge in [-0.3, -0.25) is 4.79 Å². The maximum absolute atomic E-state index is 12.1. The van der Waals surface area contributed by atoms with E-state index in [0.29, 0.717) is 5.70 Å². The lowest BCUT2D eigenvalue weighted by Crippen LogP contribution is -2.24. The number of aldehydes is 1. The molecule has 4 heteroatoms. The minimum Gasteiger partial charge on any atom is -0.386 e. The number of carbonyl (C=O) groups is 1. The summed E-state index contributed by atoms with van der Waals surface area (Å²) in [6, 6.07) is 6.15. The van der Waals surface area contributed by atoms with Gasteiger partial charge in [-0.1, -0.05) is 90.3 Å². The molecule has 3 N–H and O–H groups in total. The summed E-state index contributed by atoms with van der Waals surface area (Å²) in [6.07, 6.45) is 16.2. The van der Waals surface area contributed by atoms with Crippen LogP contribution in [0.1, 0.15) is 71.1 Å². The highest BCUT2D eigenvalue weighted by Gasteiger charge is 2.19. The third-order valence-corrected chi connectivity index (χ3v) is 5.43. The van der Waals surface area contributed by atoms with Gasteiger partial charge in [0.25, 0.3) is 0 Å². The zero-order chi connectivity index (χ0) is 26.4. The van der Waals surface area contributed by atoms with Crippen molar-refractivity contribution in [2.45, 2.75) is 54.4 Å². The predicted octanol–water partition coefficient (Wildman–Crippen LogP) is 7.33. The van der Waals surface area contributed by atoms with Crippen molar-refractivity contribution in [3.63, 3.8) is 0 Å². The van der Waals surface area contributed by atoms with E-state index in [1.165, 1.54) is 0 Å². The summed E-state index contributed by atoms with van der Waals surface area (Å²) >= 11 is 0. The molecule has 4 nitrogen and oxygen atoms in total. The molecule has 1 aromatic rings. The van der Waals surface area contributed by atoms with E-state index in [4.69, 9.17) is 0 Å². The maximum Gasteiger partial charge on any atom is 0.166 e. The smallest absolute Gasteiger partial charge is 0.166 e. The molecule has 0 aromatic heterocycles. The predicted molar refractivity (Wildman–Crippen MR) is 154 cm³/mol. The summed E-state index contributed by atoms with van der Waals surface area (Å²) in [6.45, 7) is 20.4. The summed E-state index contributed by atoms with van der Waals surface area (Å²) in [7, 11) is 1.89. The van der Waals surface area contributed by atoms with Gasteiger partial charge in [-0.15, -0.1) is 0 Å². The number of hydrogen-bond donors (Lipinski definition) is 3. The van der Waals surface area contributed by atoms with E-state index >= 15 is 0 Å². The summed E-state index contributed by atoms with van der Waals surface area (Å²) < 4.78 is 0. The molecule has 0 saturated heterocycles. The van der Waals surface area contributed by atoms with E-state index in [1.54, 1.807) is 6.20 Å². The maximum atomic E-state index is 12.1. The minimum absolute atomic E-state index is 0.123. The molecule has 1 rings (SSSR count). The van der Waals surface area contributed by atoms with E-state index in [2.05, 4.69) is 94.1 Å². The zero-order valence-electron chi connectivity index (χ0n) is 22.6. The molecule has 0 unspecified atom stereocenters. The van der Waals surface area contributed by atoms with Gasteiger partial charge in [0.05, 0.1) is 17.1 Å². The fourth-order valence-corrected chi connectivity index (χ4v) is 3.82. The highest BCUT2D eigenvalue weighted by Crippen LogP contribution is 2.28. The molecule has 0 aliphatic heterocycles. The Morgan fingerprint density at radius 3 is 2.26 bits per heavy atom. The van der Waals surface area contributed by atoms with Gasteiger partial charge in [0.15, 0.2) is 6.29 Å². The second-order valence-corrected chi connectivity index (χ2v) is 9.08. The van der Waals surface area contributed by atoms with Gasteiger partial charge in [0.2, 0.25) is 0 Å². The minimum atomic E-state index is -0.123. The molecule has 0 spiro atoms. The quantitative estimate of drug-likeness (QED) is 0.159. The number of likely N-dealkylation sites (N-methyl/N-ethyl adjacent to an activating group) is 1. The molecule has 0 aliphatic carbocycles. The Labute approximate surface area is 213 Å². The number of nitrogens with one attached hydrogen (secondary N) is 3. The van der Waals surface area contributed by atoms with Crippen molar-refractivity contribution in [2.75, 3.05) is 7.05 Å². The van der Waals surface area contributed by atoms with E-state index < -0.39 is 0 Å². The van der Waals surface area contributed by atoms with E-state index in [0.717, 1.165) is 58.5 Å². The van der Waals surface area contributed by atoms with Crippen LogP contribution in [-0.2, 0) is 4.79 Å². The second kappa shape index (κ2) is 14.7. The van der Waals surface area contributed by atoms with Crippen LogP contribution < -0.4 is 16.0 Å². The van der Waals surface area contributed by atoms with Crippen molar-refractivity contribution in [1.29, 1.82) is 0 Å². The van der Waals surface area contributed by atoms with E-state index in [-0.39, 0.29) is 5.41 Å². The molecular weight excluding hydrogens is 430 g/mol. The van der Waals surface area contributed by atoms with Crippen LogP contribution in [0.25, 0.3) is 18.2 Å². The number of carbonyl (C=O) groups excluding carboxylic acids is 1. The lowest BCUT2D eigenvalue weighted by Gasteiger charge is -2.26. The standard InChI is InChI=1S/C31H43N3O/c1-10-16-27-23(12-3)18-15-19-25(27)21-29(32-9)28(17-11-2)34-26(22-35)20-24(13-4)30(33-14-5)31(6,7)8/h10,12,14-22,32-34H,3,5,11,13H2,1-2,4,6-9H3/b16-10-,26-20-,28-17+,29-21-,30-24+. The Bertz CT molecular complexity index is 1040. The van der Waals surface area contributed by atoms with Crippen LogP contribution in [0.2, 0.25) is 0 Å². The average molecular weight is 474 g/mol. The van der Waals surface area contributed by atoms with Gasteiger partial charge in [0, 0.05) is 18.2 Å². The third kappa shape index (κ3) is 8.64. The molecular formula is C31H43N3O. The van der Waals surface area contributed by atoms with E-state index in [1.807, 2.05) is 38.3 Å². The lowest BCUT2D eigenvalue weighted by molar-refractivity contribution is -0.105. The van der Waals surface area contributed by atoms with Crippen LogP contribution >= 0.6 is 0 Å². The van der Waals surface area contributed by atoms with Crippen LogP contribution in [0.15, 0.2) is 84.1 Å². The van der Waals surface area contributed by atoms with Crippen molar-refractivity contribution in [1.82, 2.24) is 16.0 Å². The van der Waals surface area contributed by atoms with Gasteiger partial charge in [-0.2, -0.15) is 0 Å². The molecule has 1 aromatic carbocycles. The Morgan fingerprint density at radius 2 is 1.77 bits per heavy atom. The Balaban J connectivity index is 3.61. The number of rotatable bonds is 13. The first kappa shape index (κ1) is 29.5. The molecule has 188 valence electrons. The fraction of sp³-hybridized carbons (Fsp3) is 0.323. The van der Waals surface area contributed by atoms with Gasteiger partial charge < -0.3 is 16.0 Å². The largest absolute Gasteiger partial charge is 0.386 e. The fourth-order valence-electron chi connectivity index (χ4n) is 3.82. The lowest BCUT2D eigenvalue weighted by atomic mass is 9.87. The molecule has 0 atom stereocenters. The second-order valence-electron chi connectivity index (χ2n) is 9.08. The van der Waals surface area contributed by atoms with Gasteiger partial charge in [0.1, 0.15) is 0 Å². The Kier molecular flexibility index (Phi) is 12.4. The van der Waals surface area contributed by atoms with Crippen LogP contribution in [0.5, 0.6) is 0 Å². The number of hydrogen-bond acceptors (Lipinski definition) is 4. The first-order valence-electron chi connectivity index (χ1n) is 12.2. The summed E-state index contributed by atoms with van der Waals surface area (Å²) in [4.78, 5) is 12.1. The van der Waals surface area contributed by atoms with Crippen molar-refractivity contribution >= 4 is 24.5 Å². The van der Waals surface area contributed by atoms with Crippen molar-refractivity contribution < 1.29 is 4.79 Å². The summed E-state index contributed by atoms with van der Waals surface area (Å²) in [5.41, 5.74) is 7.40. The normalized spacial score (nSPS) is 13.9. The SMILES string of the molecule is C=CN/C(=C(/C=C(/C=O)NC(=C/CC)/C(=C/c1cccc(C=C)c1/C=C\C)NC)CC)C(C)(C)C. The summed E-state index contributed by atoms with van der Waals surface area (Å²) in [5.74, 6) is 0. The molecule has 0 amide bonds. The Hall–Kier alpha value is -3.53. The first-order chi connectivity index (χ1) is 16.7. The van der Waals surface area contributed by atoms with Crippen LogP contribution in [-0.4, -0.2) is 13.3 Å². The van der Waals surface area contributed by atoms with Crippen molar-refractivity contribution in [3.8, 4) is 0 Å². The topological polar surface area (TPSA) is 53.2 Å². The average Bonchev–Trinajstić information content (AvgIpc) is 2.83. The van der Waals surface area contributed by atoms with Crippen LogP contribution in [0, 0.1) is 5.41 Å². The van der Waals surface area contributed by atoms with Crippen molar-refractivity contribution in [3.05, 3.63) is 101 Å². The Morgan fingerprint density at radius 1 is 1.09 bits per heavy atom. The molecule has 0 bridgehead atoms. The molecule has 0 saturated carbocycles. The van der Waals surface area contributed by atoms with Gasteiger partial charge in [-0.25, -0.2) is 0 Å². The number of benzene rings is 1. The van der Waals surface area contributed by atoms with Crippen LogP contribution in [0.3, 0.4) is 0 Å². The van der Waals surface area contributed by atoms with E-state index in [9.17, 15) is 4.79 Å². The van der Waals surface area contributed by atoms with Crippen LogP contribution in [0.4, 0.5) is 0 Å². The van der Waals surface area contributed by atoms with Gasteiger partial charge in [-0.05, 0) is 60.4 Å². The van der Waals surface area contributed by atoms with Gasteiger partial charge >= 0.3 is 0 Å². The molecule has 0 aliphatic rings. The molecule has 35 heavy (non-hydrogen) atoms. The molecule has 0 heterocycles. The first-order valence-corrected chi connectivity index (χ1v) is 12.2. The summed E-state index contributed by atoms with van der Waals surface area (Å²) in [5, 5.41) is 9.95. The zero-order valence-corrected chi connectivity index (χ0v) is 22.6.